The van der Waals surface area contributed by atoms with Crippen molar-refractivity contribution in [3.05, 3.63) is 40.8 Å². The fourth-order valence-corrected chi connectivity index (χ4v) is 16.9. The molecule has 5 aliphatic rings. The van der Waals surface area contributed by atoms with Crippen LogP contribution in [0.1, 0.15) is 131 Å². The van der Waals surface area contributed by atoms with E-state index in [0.717, 1.165) is 82.9 Å². The van der Waals surface area contributed by atoms with Crippen molar-refractivity contribution in [2.45, 2.75) is 166 Å². The van der Waals surface area contributed by atoms with E-state index in [1.807, 2.05) is 37.8 Å². The highest BCUT2D eigenvalue weighted by atomic mass is 28.3. The van der Waals surface area contributed by atoms with Crippen LogP contribution in [-0.2, 0) is 17.6 Å². The van der Waals surface area contributed by atoms with E-state index in [0.29, 0.717) is 58.9 Å². The third kappa shape index (κ3) is 7.28. The Morgan fingerprint density at radius 1 is 0.931 bits per heavy atom. The summed E-state index contributed by atoms with van der Waals surface area (Å²) < 4.78 is 30.4. The smallest absolute Gasteiger partial charge is 0.410 e. The number of fused-ring (bicyclic) bond motifs is 5. The molecule has 2 unspecified atom stereocenters. The van der Waals surface area contributed by atoms with Crippen molar-refractivity contribution in [3.8, 4) is 28.7 Å². The first kappa shape index (κ1) is 41.0. The van der Waals surface area contributed by atoms with Gasteiger partial charge in [0.1, 0.15) is 43.0 Å². The minimum absolute atomic E-state index is 0.0309. The molecule has 1 aliphatic carbocycles. The topological polar surface area (TPSA) is 83.9 Å². The van der Waals surface area contributed by atoms with Crippen molar-refractivity contribution in [3.63, 3.8) is 0 Å². The molecule has 9 nitrogen and oxygen atoms in total. The van der Waals surface area contributed by atoms with Crippen LogP contribution in [-0.4, -0.2) is 94.9 Å². The molecule has 6 heterocycles. The predicted octanol–water partition coefficient (Wildman–Crippen LogP) is 9.87. The first-order chi connectivity index (χ1) is 27.6. The van der Waals surface area contributed by atoms with Crippen molar-refractivity contribution in [1.82, 2.24) is 24.8 Å². The fraction of sp³-hybridized carbons (Fsp3) is 0.660. The highest BCUT2D eigenvalue weighted by Gasteiger charge is 2.47. The molecule has 8 rings (SSSR count). The molecule has 1 amide bonds. The summed E-state index contributed by atoms with van der Waals surface area (Å²) >= 11 is 0. The van der Waals surface area contributed by atoms with Gasteiger partial charge in [-0.3, -0.25) is 9.80 Å². The number of hydrogen-bond donors (Lipinski definition) is 0. The zero-order valence-corrected chi connectivity index (χ0v) is 37.5. The molecule has 2 atom stereocenters. The van der Waals surface area contributed by atoms with Gasteiger partial charge in [-0.1, -0.05) is 65.7 Å². The number of benzene rings is 1. The molecule has 0 radical (unpaired) electrons. The lowest BCUT2D eigenvalue weighted by atomic mass is 9.87. The number of aromatic nitrogens is 3. The van der Waals surface area contributed by atoms with Gasteiger partial charge in [0, 0.05) is 18.7 Å². The van der Waals surface area contributed by atoms with Crippen molar-refractivity contribution in [2.75, 3.05) is 37.7 Å². The van der Waals surface area contributed by atoms with E-state index >= 15 is 4.39 Å². The number of ether oxygens (including phenoxy) is 2. The Balaban J connectivity index is 1.33. The Hall–Kier alpha value is -3.75. The van der Waals surface area contributed by atoms with Crippen LogP contribution in [0.15, 0.2) is 18.2 Å². The second-order valence-electron chi connectivity index (χ2n) is 19.9. The van der Waals surface area contributed by atoms with Gasteiger partial charge in [0.2, 0.25) is 0 Å². The third-order valence-corrected chi connectivity index (χ3v) is 20.6. The zero-order valence-electron chi connectivity index (χ0n) is 36.5. The molecule has 0 saturated carbocycles. The highest BCUT2D eigenvalue weighted by molar-refractivity contribution is 6.90. The van der Waals surface area contributed by atoms with E-state index in [-0.39, 0.29) is 35.2 Å². The quantitative estimate of drug-likeness (QED) is 0.164. The molecular weight excluding hydrogens is 744 g/mol. The highest BCUT2D eigenvalue weighted by Crippen LogP contribution is 2.44. The number of rotatable bonds is 8. The number of carbonyl (C=O) groups is 1. The maximum atomic E-state index is 17.8. The predicted molar refractivity (Wildman–Crippen MR) is 233 cm³/mol. The number of hydrogen-bond acceptors (Lipinski definition) is 8. The summed E-state index contributed by atoms with van der Waals surface area (Å²) in [5, 5.41) is 0.539. The van der Waals surface area contributed by atoms with Crippen molar-refractivity contribution < 1.29 is 18.7 Å². The van der Waals surface area contributed by atoms with Crippen LogP contribution in [0.5, 0.6) is 6.01 Å². The van der Waals surface area contributed by atoms with Gasteiger partial charge in [-0.05, 0) is 126 Å². The van der Waals surface area contributed by atoms with E-state index in [9.17, 15) is 4.79 Å². The van der Waals surface area contributed by atoms with Crippen LogP contribution in [0.25, 0.3) is 22.2 Å². The van der Waals surface area contributed by atoms with Crippen LogP contribution < -0.4 is 9.64 Å². The SMILES string of the molecule is CC(C)[Si](C#Cc1nc(-c2cccc3c2CCCC3)c(F)c2nc(OCC34CCCN3CCC4)nc(N3CC4CCC(C3)N4C(=O)OC(C)(C)C)c12)(C(C)C)C(C)C. The summed E-state index contributed by atoms with van der Waals surface area (Å²) in [4.78, 5) is 35.8. The molecule has 11 heteroatoms. The Morgan fingerprint density at radius 3 is 2.22 bits per heavy atom. The first-order valence-corrected chi connectivity index (χ1v) is 24.5. The minimum Gasteiger partial charge on any atom is -0.461 e. The van der Waals surface area contributed by atoms with Crippen molar-refractivity contribution >= 4 is 30.9 Å². The molecule has 2 aromatic heterocycles. The van der Waals surface area contributed by atoms with Crippen LogP contribution in [0.2, 0.25) is 16.6 Å². The monoisotopic (exact) mass is 808 g/mol. The largest absolute Gasteiger partial charge is 0.461 e. The number of piperazine rings is 1. The summed E-state index contributed by atoms with van der Waals surface area (Å²) in [6, 6.07) is 6.29. The Kier molecular flexibility index (Phi) is 11.1. The molecule has 58 heavy (non-hydrogen) atoms. The lowest BCUT2D eigenvalue weighted by Crippen LogP contribution is -2.57. The van der Waals surface area contributed by atoms with E-state index in [1.165, 1.54) is 11.1 Å². The van der Waals surface area contributed by atoms with Crippen LogP contribution in [0.3, 0.4) is 0 Å². The van der Waals surface area contributed by atoms with Gasteiger partial charge in [-0.15, -0.1) is 5.54 Å². The molecular formula is C47H65FN6O3Si. The van der Waals surface area contributed by atoms with Crippen molar-refractivity contribution in [2.24, 2.45) is 0 Å². The number of anilines is 1. The normalized spacial score (nSPS) is 21.8. The number of nitrogens with zero attached hydrogens (tertiary/aromatic N) is 6. The van der Waals surface area contributed by atoms with Gasteiger partial charge in [-0.25, -0.2) is 14.2 Å². The van der Waals surface area contributed by atoms with Crippen molar-refractivity contribution in [1.29, 1.82) is 0 Å². The molecule has 1 aromatic carbocycles. The standard InChI is InChI=1S/C47H65FN6O3Si/c1-30(2)58(31(3)4,32(5)6)26-21-38-39-42(40(48)41(49-38)37-18-12-16-33-15-10-11-17-36(33)37)50-44(56-29-47-22-13-24-53(47)25-14-23-47)51-43(39)52-27-34-19-20-35(28-52)54(34)45(55)57-46(7,8)9/h12,16,18,30-32,34-35H,10-11,13-15,17,19-20,22-25,27-29H2,1-9H3. The Bertz CT molecular complexity index is 2080. The van der Waals surface area contributed by atoms with Crippen LogP contribution in [0.4, 0.5) is 15.0 Å². The summed E-state index contributed by atoms with van der Waals surface area (Å²) in [5.41, 5.74) is 8.85. The summed E-state index contributed by atoms with van der Waals surface area (Å²) in [5.74, 6) is 3.82. The summed E-state index contributed by atoms with van der Waals surface area (Å²) in [7, 11) is -2.23. The third-order valence-electron chi connectivity index (χ3n) is 14.3. The average molecular weight is 809 g/mol. The van der Waals surface area contributed by atoms with E-state index in [4.69, 9.17) is 24.4 Å². The maximum Gasteiger partial charge on any atom is 0.410 e. The molecule has 2 bridgehead atoms. The lowest BCUT2D eigenvalue weighted by Gasteiger charge is -2.42. The number of carbonyl (C=O) groups excluding carboxylic acids is 1. The number of pyridine rings is 1. The van der Waals surface area contributed by atoms with Gasteiger partial charge in [0.15, 0.2) is 5.82 Å². The van der Waals surface area contributed by atoms with Gasteiger partial charge in [0.25, 0.3) is 0 Å². The van der Waals surface area contributed by atoms with E-state index in [1.54, 1.807) is 0 Å². The number of aryl methyl sites for hydroxylation is 1. The van der Waals surface area contributed by atoms with Gasteiger partial charge in [-0.2, -0.15) is 9.97 Å². The van der Waals surface area contributed by atoms with E-state index < -0.39 is 19.5 Å². The Morgan fingerprint density at radius 2 is 1.59 bits per heavy atom. The maximum absolute atomic E-state index is 17.8. The summed E-state index contributed by atoms with van der Waals surface area (Å²) in [6.07, 6.45) is 9.98. The number of halogens is 1. The lowest BCUT2D eigenvalue weighted by molar-refractivity contribution is 0.0122. The second-order valence-corrected chi connectivity index (χ2v) is 25.4. The van der Waals surface area contributed by atoms with Gasteiger partial charge < -0.3 is 14.4 Å². The zero-order chi connectivity index (χ0) is 41.1. The molecule has 4 fully saturated rings. The molecule has 3 aromatic rings. The minimum atomic E-state index is -2.23. The Labute approximate surface area is 346 Å². The fourth-order valence-electron chi connectivity index (χ4n) is 11.6. The second kappa shape index (κ2) is 15.7. The summed E-state index contributed by atoms with van der Waals surface area (Å²) in [6.45, 7) is 23.3. The molecule has 0 spiro atoms. The average Bonchev–Trinajstić information content (AvgIpc) is 3.84. The molecule has 4 aliphatic heterocycles. The molecule has 312 valence electrons. The van der Waals surface area contributed by atoms with Crippen LogP contribution in [0, 0.1) is 17.3 Å². The molecule has 4 saturated heterocycles. The van der Waals surface area contributed by atoms with Crippen LogP contribution >= 0.6 is 0 Å². The number of amides is 1. The molecule has 0 N–H and O–H groups in total. The van der Waals surface area contributed by atoms with Gasteiger partial charge >= 0.3 is 12.1 Å². The van der Waals surface area contributed by atoms with E-state index in [2.05, 4.69) is 68.9 Å². The first-order valence-electron chi connectivity index (χ1n) is 22.3. The van der Waals surface area contributed by atoms with Gasteiger partial charge in [0.05, 0.1) is 23.0 Å².